The van der Waals surface area contributed by atoms with Crippen molar-refractivity contribution in [1.29, 1.82) is 0 Å². The van der Waals surface area contributed by atoms with E-state index in [0.29, 0.717) is 0 Å². The van der Waals surface area contributed by atoms with E-state index in [1.54, 1.807) is 0 Å². The van der Waals surface area contributed by atoms with Crippen molar-refractivity contribution in [1.82, 2.24) is 0 Å². The molecule has 0 aromatic heterocycles. The fraction of sp³-hybridized carbons (Fsp3) is 0.250. The Labute approximate surface area is 74.8 Å². The van der Waals surface area contributed by atoms with E-state index in [-0.39, 0.29) is 17.2 Å². The van der Waals surface area contributed by atoms with Gasteiger partial charge in [-0.2, -0.15) is 0 Å². The van der Waals surface area contributed by atoms with Crippen LogP contribution in [0.15, 0.2) is 24.3 Å². The van der Waals surface area contributed by atoms with Crippen molar-refractivity contribution in [2.24, 2.45) is 0 Å². The van der Waals surface area contributed by atoms with Gasteiger partial charge >= 0.3 is 0 Å². The summed E-state index contributed by atoms with van der Waals surface area (Å²) >= 11 is 5.31. The smallest absolute Gasteiger partial charge is 0.203 e. The van der Waals surface area contributed by atoms with Crippen LogP contribution in [0, 0.1) is 0 Å². The summed E-state index contributed by atoms with van der Waals surface area (Å²) in [5.74, 6) is -2.25. The lowest BCUT2D eigenvalue weighted by Crippen LogP contribution is -2.26. The molecule has 0 radical (unpaired) electrons. The van der Waals surface area contributed by atoms with Crippen LogP contribution in [0.5, 0.6) is 5.75 Å². The number of rotatable bonds is 2. The normalized spacial score (nSPS) is 11.6. The van der Waals surface area contributed by atoms with Gasteiger partial charge in [-0.3, -0.25) is 0 Å². The first-order valence-electron chi connectivity index (χ1n) is 3.36. The Morgan fingerprint density at radius 2 is 1.67 bits per heavy atom. The summed E-state index contributed by atoms with van der Waals surface area (Å²) in [5, 5.41) is 27.4. The number of halogens is 1. The first-order valence-corrected chi connectivity index (χ1v) is 3.90. The molecule has 0 aliphatic heterocycles. The van der Waals surface area contributed by atoms with Crippen LogP contribution in [0.2, 0.25) is 0 Å². The maximum Gasteiger partial charge on any atom is 0.203 e. The Hall–Kier alpha value is -0.770. The van der Waals surface area contributed by atoms with E-state index in [4.69, 9.17) is 16.7 Å². The van der Waals surface area contributed by atoms with Crippen LogP contribution in [-0.4, -0.2) is 21.2 Å². The zero-order valence-corrected chi connectivity index (χ0v) is 6.99. The molecule has 3 nitrogen and oxygen atoms in total. The summed E-state index contributed by atoms with van der Waals surface area (Å²) in [6, 6.07) is 5.53. The zero-order chi connectivity index (χ0) is 9.19. The summed E-state index contributed by atoms with van der Waals surface area (Å²) in [5.41, 5.74) is 0.260. The number of aromatic hydroxyl groups is 1. The molecule has 1 aromatic carbocycles. The molecule has 0 saturated carbocycles. The number of hydrogen-bond donors (Lipinski definition) is 3. The fourth-order valence-electron chi connectivity index (χ4n) is 0.806. The predicted molar refractivity (Wildman–Crippen MR) is 44.9 cm³/mol. The maximum atomic E-state index is 9.23. The van der Waals surface area contributed by atoms with Gasteiger partial charge in [-0.25, -0.2) is 0 Å². The van der Waals surface area contributed by atoms with Crippen molar-refractivity contribution >= 4 is 11.6 Å². The number of phenols is 1. The van der Waals surface area contributed by atoms with E-state index < -0.39 is 5.79 Å². The average Bonchev–Trinajstić information content (AvgIpc) is 2.05. The molecular weight excluding hydrogens is 180 g/mol. The van der Waals surface area contributed by atoms with Crippen LogP contribution in [0.1, 0.15) is 5.56 Å². The predicted octanol–water partition coefficient (Wildman–Crippen LogP) is 0.768. The van der Waals surface area contributed by atoms with Crippen LogP contribution in [0.4, 0.5) is 0 Å². The summed E-state index contributed by atoms with van der Waals surface area (Å²) in [6.45, 7) is 0. The third-order valence-electron chi connectivity index (χ3n) is 1.52. The summed E-state index contributed by atoms with van der Waals surface area (Å²) in [7, 11) is 0. The first kappa shape index (κ1) is 9.32. The number of hydrogen-bond acceptors (Lipinski definition) is 3. The minimum absolute atomic E-state index is 0.0733. The quantitative estimate of drug-likeness (QED) is 0.475. The average molecular weight is 189 g/mol. The van der Waals surface area contributed by atoms with E-state index in [0.717, 1.165) is 0 Å². The lowest BCUT2D eigenvalue weighted by Gasteiger charge is -2.18. The van der Waals surface area contributed by atoms with Gasteiger partial charge in [-0.15, -0.1) is 11.6 Å². The molecule has 1 aromatic rings. The molecule has 0 atom stereocenters. The van der Waals surface area contributed by atoms with Gasteiger partial charge in [-0.1, -0.05) is 0 Å². The number of aliphatic hydroxyl groups is 2. The van der Waals surface area contributed by atoms with Gasteiger partial charge in [0.15, 0.2) is 0 Å². The van der Waals surface area contributed by atoms with E-state index in [9.17, 15) is 10.2 Å². The van der Waals surface area contributed by atoms with Gasteiger partial charge < -0.3 is 15.3 Å². The lowest BCUT2D eigenvalue weighted by atomic mass is 10.1. The molecule has 0 fully saturated rings. The second kappa shape index (κ2) is 3.31. The van der Waals surface area contributed by atoms with Crippen molar-refractivity contribution in [3.63, 3.8) is 0 Å². The van der Waals surface area contributed by atoms with Crippen LogP contribution >= 0.6 is 11.6 Å². The number of benzene rings is 1. The molecule has 12 heavy (non-hydrogen) atoms. The topological polar surface area (TPSA) is 60.7 Å². The molecule has 3 N–H and O–H groups in total. The highest BCUT2D eigenvalue weighted by Gasteiger charge is 2.23. The van der Waals surface area contributed by atoms with Crippen LogP contribution in [-0.2, 0) is 5.79 Å². The van der Waals surface area contributed by atoms with E-state index in [2.05, 4.69) is 0 Å². The third-order valence-corrected chi connectivity index (χ3v) is 1.89. The van der Waals surface area contributed by atoms with Crippen molar-refractivity contribution in [3.8, 4) is 5.75 Å². The number of alkyl halides is 1. The minimum Gasteiger partial charge on any atom is -0.508 e. The van der Waals surface area contributed by atoms with E-state index >= 15 is 0 Å². The molecule has 1 rings (SSSR count). The highest BCUT2D eigenvalue weighted by Crippen LogP contribution is 2.21. The largest absolute Gasteiger partial charge is 0.508 e. The molecule has 0 heterocycles. The molecule has 0 aliphatic carbocycles. The number of phenolic OH excluding ortho intramolecular Hbond substituents is 1. The van der Waals surface area contributed by atoms with Crippen molar-refractivity contribution in [3.05, 3.63) is 29.8 Å². The third kappa shape index (κ3) is 1.88. The van der Waals surface area contributed by atoms with Gasteiger partial charge in [0, 0.05) is 5.56 Å². The van der Waals surface area contributed by atoms with Crippen LogP contribution in [0.25, 0.3) is 0 Å². The summed E-state index contributed by atoms with van der Waals surface area (Å²) in [4.78, 5) is 0. The Balaban J connectivity index is 2.96. The monoisotopic (exact) mass is 188 g/mol. The van der Waals surface area contributed by atoms with Gasteiger partial charge in [0.1, 0.15) is 5.75 Å². The Morgan fingerprint density at radius 1 is 1.17 bits per heavy atom. The molecule has 66 valence electrons. The molecule has 0 amide bonds. The molecule has 0 saturated heterocycles. The molecule has 0 spiro atoms. The second-order valence-corrected chi connectivity index (χ2v) is 2.76. The van der Waals surface area contributed by atoms with E-state index in [1.807, 2.05) is 0 Å². The maximum absolute atomic E-state index is 9.23. The highest BCUT2D eigenvalue weighted by atomic mass is 35.5. The SMILES string of the molecule is Oc1ccc(C(O)(O)CCl)cc1. The first-order chi connectivity index (χ1) is 5.56. The Morgan fingerprint density at radius 3 is 2.08 bits per heavy atom. The van der Waals surface area contributed by atoms with E-state index in [1.165, 1.54) is 24.3 Å². The van der Waals surface area contributed by atoms with Crippen molar-refractivity contribution < 1.29 is 15.3 Å². The molecule has 0 bridgehead atoms. The van der Waals surface area contributed by atoms with Crippen LogP contribution in [0.3, 0.4) is 0 Å². The second-order valence-electron chi connectivity index (χ2n) is 2.50. The highest BCUT2D eigenvalue weighted by molar-refractivity contribution is 6.18. The zero-order valence-electron chi connectivity index (χ0n) is 6.24. The summed E-state index contributed by atoms with van der Waals surface area (Å²) in [6.07, 6.45) is 0. The Kier molecular flexibility index (Phi) is 2.57. The minimum atomic E-state index is -2.02. The molecule has 0 unspecified atom stereocenters. The van der Waals surface area contributed by atoms with Crippen LogP contribution < -0.4 is 0 Å². The summed E-state index contributed by atoms with van der Waals surface area (Å²) < 4.78 is 0. The molecular formula is C8H9ClO3. The van der Waals surface area contributed by atoms with Gasteiger partial charge in [0.25, 0.3) is 0 Å². The van der Waals surface area contributed by atoms with Gasteiger partial charge in [0.2, 0.25) is 5.79 Å². The van der Waals surface area contributed by atoms with Crippen molar-refractivity contribution in [2.75, 3.05) is 5.88 Å². The standard InChI is InChI=1S/C8H9ClO3/c9-5-8(11,12)6-1-3-7(10)4-2-6/h1-4,10-12H,5H2. The lowest BCUT2D eigenvalue weighted by molar-refractivity contribution is -0.149. The van der Waals surface area contributed by atoms with Crippen molar-refractivity contribution in [2.45, 2.75) is 5.79 Å². The molecule has 4 heteroatoms. The van der Waals surface area contributed by atoms with Gasteiger partial charge in [-0.05, 0) is 24.3 Å². The van der Waals surface area contributed by atoms with Gasteiger partial charge in [0.05, 0.1) is 5.88 Å². The fourth-order valence-corrected chi connectivity index (χ4v) is 0.960. The Bertz CT molecular complexity index is 256. The molecule has 0 aliphatic rings.